The van der Waals surface area contributed by atoms with Crippen molar-refractivity contribution in [2.45, 2.75) is 82.4 Å². The first-order valence-corrected chi connectivity index (χ1v) is 9.70. The summed E-state index contributed by atoms with van der Waals surface area (Å²) in [5.74, 6) is 0.882. The molecule has 24 heavy (non-hydrogen) atoms. The lowest BCUT2D eigenvalue weighted by Gasteiger charge is -2.37. The Morgan fingerprint density at radius 3 is 2.33 bits per heavy atom. The molecule has 0 spiro atoms. The summed E-state index contributed by atoms with van der Waals surface area (Å²) >= 11 is 0. The maximum atomic E-state index is 10.2. The minimum absolute atomic E-state index is 0. The second-order valence-electron chi connectivity index (χ2n) is 7.67. The molecule has 3 aliphatic rings. The van der Waals surface area contributed by atoms with Gasteiger partial charge in [-0.05, 0) is 51.9 Å². The molecular formula is C18H35IN4O. The first-order chi connectivity index (χ1) is 11.2. The number of aliphatic imine (C=N–C) groups is 1. The monoisotopic (exact) mass is 450 g/mol. The second kappa shape index (κ2) is 9.57. The van der Waals surface area contributed by atoms with E-state index in [9.17, 15) is 5.11 Å². The van der Waals surface area contributed by atoms with E-state index in [1.54, 1.807) is 0 Å². The number of hydrogen-bond acceptors (Lipinski definition) is 3. The Hall–Kier alpha value is -0.0800. The van der Waals surface area contributed by atoms with Crippen molar-refractivity contribution in [3.63, 3.8) is 0 Å². The third-order valence-electron chi connectivity index (χ3n) is 5.87. The maximum Gasteiger partial charge on any atom is 0.191 e. The third-order valence-corrected chi connectivity index (χ3v) is 5.87. The van der Waals surface area contributed by atoms with Crippen LogP contribution in [0.4, 0.5) is 0 Å². The zero-order valence-electron chi connectivity index (χ0n) is 15.1. The largest absolute Gasteiger partial charge is 0.388 e. The van der Waals surface area contributed by atoms with Crippen molar-refractivity contribution in [1.29, 1.82) is 0 Å². The van der Waals surface area contributed by atoms with Gasteiger partial charge in [-0.15, -0.1) is 24.0 Å². The Balaban J connectivity index is 0.00000208. The van der Waals surface area contributed by atoms with E-state index in [2.05, 4.69) is 27.4 Å². The van der Waals surface area contributed by atoms with Gasteiger partial charge in [0, 0.05) is 31.7 Å². The highest BCUT2D eigenvalue weighted by molar-refractivity contribution is 14.0. The first-order valence-electron chi connectivity index (χ1n) is 9.70. The average Bonchev–Trinajstić information content (AvgIpc) is 3.06. The molecule has 0 aromatic carbocycles. The van der Waals surface area contributed by atoms with E-state index in [-0.39, 0.29) is 24.0 Å². The van der Waals surface area contributed by atoms with E-state index in [1.165, 1.54) is 51.6 Å². The van der Waals surface area contributed by atoms with Crippen LogP contribution < -0.4 is 10.6 Å². The smallest absolute Gasteiger partial charge is 0.191 e. The van der Waals surface area contributed by atoms with E-state index < -0.39 is 5.60 Å². The Labute approximate surface area is 164 Å². The topological polar surface area (TPSA) is 59.9 Å². The first kappa shape index (κ1) is 20.2. The maximum absolute atomic E-state index is 10.2. The highest BCUT2D eigenvalue weighted by Crippen LogP contribution is 2.31. The molecule has 5 nitrogen and oxygen atoms in total. The molecule has 0 aromatic heterocycles. The zero-order valence-corrected chi connectivity index (χ0v) is 17.4. The second-order valence-corrected chi connectivity index (χ2v) is 7.67. The Kier molecular flexibility index (Phi) is 8.07. The van der Waals surface area contributed by atoms with E-state index in [0.29, 0.717) is 12.6 Å². The van der Waals surface area contributed by atoms with Crippen molar-refractivity contribution in [2.75, 3.05) is 26.2 Å². The van der Waals surface area contributed by atoms with Crippen molar-refractivity contribution in [2.24, 2.45) is 4.99 Å². The number of nitrogens with zero attached hydrogens (tertiary/aromatic N) is 2. The summed E-state index contributed by atoms with van der Waals surface area (Å²) in [6, 6.07) is 1.37. The normalized spacial score (nSPS) is 25.8. The van der Waals surface area contributed by atoms with Crippen molar-refractivity contribution in [3.05, 3.63) is 0 Å². The van der Waals surface area contributed by atoms with E-state index >= 15 is 0 Å². The fourth-order valence-electron chi connectivity index (χ4n) is 4.16. The molecule has 1 saturated heterocycles. The van der Waals surface area contributed by atoms with Crippen molar-refractivity contribution < 1.29 is 5.11 Å². The number of nitrogens with one attached hydrogen (secondary N) is 2. The van der Waals surface area contributed by atoms with Crippen molar-refractivity contribution in [3.8, 4) is 0 Å². The van der Waals surface area contributed by atoms with Crippen LogP contribution in [0.25, 0.3) is 0 Å². The van der Waals surface area contributed by atoms with Crippen LogP contribution in [0.15, 0.2) is 4.99 Å². The molecule has 140 valence electrons. The minimum atomic E-state index is -0.534. The summed E-state index contributed by atoms with van der Waals surface area (Å²) < 4.78 is 0. The molecule has 2 aliphatic carbocycles. The van der Waals surface area contributed by atoms with Crippen molar-refractivity contribution in [1.82, 2.24) is 15.5 Å². The number of halogens is 1. The van der Waals surface area contributed by atoms with E-state index in [4.69, 9.17) is 0 Å². The molecule has 0 aromatic rings. The zero-order chi connectivity index (χ0) is 16.1. The van der Waals surface area contributed by atoms with Gasteiger partial charge in [-0.25, -0.2) is 0 Å². The van der Waals surface area contributed by atoms with Gasteiger partial charge in [0.2, 0.25) is 0 Å². The van der Waals surface area contributed by atoms with Gasteiger partial charge >= 0.3 is 0 Å². The molecule has 1 aliphatic heterocycles. The fraction of sp³-hybridized carbons (Fsp3) is 0.944. The highest BCUT2D eigenvalue weighted by Gasteiger charge is 2.34. The van der Waals surface area contributed by atoms with Crippen molar-refractivity contribution >= 4 is 29.9 Å². The number of piperidine rings is 1. The van der Waals surface area contributed by atoms with Gasteiger partial charge in [0.25, 0.3) is 0 Å². The summed E-state index contributed by atoms with van der Waals surface area (Å²) in [5, 5.41) is 17.1. The molecular weight excluding hydrogens is 415 g/mol. The summed E-state index contributed by atoms with van der Waals surface area (Å²) in [6.07, 6.45) is 11.0. The van der Waals surface area contributed by atoms with Crippen LogP contribution in [0.1, 0.15) is 64.7 Å². The lowest BCUT2D eigenvalue weighted by Crippen LogP contribution is -2.51. The SMILES string of the molecule is CCNC(=NCC1(O)CCC1)NC1CCN(C2CCCC2)CC1.I. The molecule has 0 radical (unpaired) electrons. The van der Waals surface area contributed by atoms with Gasteiger partial charge < -0.3 is 20.6 Å². The van der Waals surface area contributed by atoms with Crippen LogP contribution in [0.2, 0.25) is 0 Å². The van der Waals surface area contributed by atoms with Crippen LogP contribution in [0.3, 0.4) is 0 Å². The van der Waals surface area contributed by atoms with E-state index in [0.717, 1.165) is 37.8 Å². The van der Waals surface area contributed by atoms with Gasteiger partial charge in [0.15, 0.2) is 5.96 Å². The van der Waals surface area contributed by atoms with Crippen LogP contribution in [0, 0.1) is 0 Å². The molecule has 1 heterocycles. The molecule has 6 heteroatoms. The van der Waals surface area contributed by atoms with Crippen LogP contribution >= 0.6 is 24.0 Å². The number of aliphatic hydroxyl groups is 1. The summed E-state index contributed by atoms with van der Waals surface area (Å²) in [5.41, 5.74) is -0.534. The molecule has 3 N–H and O–H groups in total. The fourth-order valence-corrected chi connectivity index (χ4v) is 4.16. The molecule has 0 atom stereocenters. The summed E-state index contributed by atoms with van der Waals surface area (Å²) in [6.45, 7) is 5.92. The Bertz CT molecular complexity index is 400. The quantitative estimate of drug-likeness (QED) is 0.342. The third kappa shape index (κ3) is 5.46. The lowest BCUT2D eigenvalue weighted by molar-refractivity contribution is -0.0236. The van der Waals surface area contributed by atoms with Gasteiger partial charge in [-0.1, -0.05) is 12.8 Å². The van der Waals surface area contributed by atoms with Crippen LogP contribution in [-0.2, 0) is 0 Å². The lowest BCUT2D eigenvalue weighted by atomic mass is 9.80. The van der Waals surface area contributed by atoms with Crippen LogP contribution in [-0.4, -0.2) is 59.8 Å². The number of hydrogen-bond donors (Lipinski definition) is 3. The average molecular weight is 450 g/mol. The molecule has 0 bridgehead atoms. The summed E-state index contributed by atoms with van der Waals surface area (Å²) in [4.78, 5) is 7.33. The predicted molar refractivity (Wildman–Crippen MR) is 110 cm³/mol. The molecule has 3 rings (SSSR count). The molecule has 2 saturated carbocycles. The number of guanidine groups is 1. The van der Waals surface area contributed by atoms with Gasteiger partial charge in [0.1, 0.15) is 0 Å². The summed E-state index contributed by atoms with van der Waals surface area (Å²) in [7, 11) is 0. The van der Waals surface area contributed by atoms with Crippen LogP contribution in [0.5, 0.6) is 0 Å². The standard InChI is InChI=1S/C18H34N4O.HI/c1-2-19-17(20-14-18(23)10-5-11-18)21-15-8-12-22(13-9-15)16-6-3-4-7-16;/h15-16,23H,2-14H2,1H3,(H2,19,20,21);1H. The molecule has 3 fully saturated rings. The molecule has 0 amide bonds. The van der Waals surface area contributed by atoms with Gasteiger partial charge in [-0.3, -0.25) is 4.99 Å². The number of rotatable bonds is 5. The van der Waals surface area contributed by atoms with Gasteiger partial charge in [0.05, 0.1) is 12.1 Å². The predicted octanol–water partition coefficient (Wildman–Crippen LogP) is 2.48. The van der Waals surface area contributed by atoms with E-state index in [1.807, 2.05) is 0 Å². The Morgan fingerprint density at radius 1 is 1.12 bits per heavy atom. The highest BCUT2D eigenvalue weighted by atomic mass is 127. The van der Waals surface area contributed by atoms with Gasteiger partial charge in [-0.2, -0.15) is 0 Å². The molecule has 0 unspecified atom stereocenters. The Morgan fingerprint density at radius 2 is 1.79 bits per heavy atom. The number of likely N-dealkylation sites (tertiary alicyclic amines) is 1. The minimum Gasteiger partial charge on any atom is -0.388 e.